The first kappa shape index (κ1) is 15.1. The Labute approximate surface area is 127 Å². The average molecular weight is 278 g/mol. The van der Waals surface area contributed by atoms with Crippen LogP contribution >= 0.6 is 0 Å². The molecule has 0 spiro atoms. The lowest BCUT2D eigenvalue weighted by molar-refractivity contribution is 0.795. The molecule has 1 N–H and O–H groups in total. The highest BCUT2D eigenvalue weighted by Crippen LogP contribution is 2.17. The standard InChI is InChI=1S/C19H22N2/c1-2-3-7-16-10-12-19(13-11-16)21-15-18(14-20)17-8-5-4-6-9-17/h4-6,8-13,18,21H,2-3,7,15H2,1H3. The van der Waals surface area contributed by atoms with Crippen LogP contribution in [0.3, 0.4) is 0 Å². The highest BCUT2D eigenvalue weighted by atomic mass is 14.9. The van der Waals surface area contributed by atoms with Crippen LogP contribution in [-0.2, 0) is 6.42 Å². The van der Waals surface area contributed by atoms with E-state index in [2.05, 4.69) is 42.6 Å². The molecule has 2 rings (SSSR count). The predicted molar refractivity (Wildman–Crippen MR) is 88.3 cm³/mol. The second kappa shape index (κ2) is 8.11. The molecule has 0 amide bonds. The van der Waals surface area contributed by atoms with Gasteiger partial charge >= 0.3 is 0 Å². The number of anilines is 1. The summed E-state index contributed by atoms with van der Waals surface area (Å²) >= 11 is 0. The van der Waals surface area contributed by atoms with Gasteiger partial charge in [-0.05, 0) is 36.1 Å². The summed E-state index contributed by atoms with van der Waals surface area (Å²) in [5.41, 5.74) is 3.51. The lowest BCUT2D eigenvalue weighted by Gasteiger charge is -2.12. The van der Waals surface area contributed by atoms with Gasteiger partial charge in [0.25, 0.3) is 0 Å². The summed E-state index contributed by atoms with van der Waals surface area (Å²) in [6, 6.07) is 20.8. The second-order valence-corrected chi connectivity index (χ2v) is 5.27. The van der Waals surface area contributed by atoms with E-state index in [0.717, 1.165) is 17.7 Å². The van der Waals surface area contributed by atoms with Crippen molar-refractivity contribution in [3.63, 3.8) is 0 Å². The number of benzene rings is 2. The largest absolute Gasteiger partial charge is 0.383 e. The van der Waals surface area contributed by atoms with Gasteiger partial charge in [0.2, 0.25) is 0 Å². The van der Waals surface area contributed by atoms with E-state index in [4.69, 9.17) is 0 Å². The third-order valence-electron chi connectivity index (χ3n) is 3.64. The minimum atomic E-state index is -0.119. The number of nitrogens with one attached hydrogen (secondary N) is 1. The molecule has 0 fully saturated rings. The fourth-order valence-electron chi connectivity index (χ4n) is 2.31. The molecular formula is C19H22N2. The van der Waals surface area contributed by atoms with E-state index < -0.39 is 0 Å². The summed E-state index contributed by atoms with van der Waals surface area (Å²) in [5, 5.41) is 12.7. The number of nitrogens with zero attached hydrogens (tertiary/aromatic N) is 1. The molecule has 0 heterocycles. The zero-order valence-corrected chi connectivity index (χ0v) is 12.5. The van der Waals surface area contributed by atoms with Gasteiger partial charge in [0.15, 0.2) is 0 Å². The molecule has 1 unspecified atom stereocenters. The van der Waals surface area contributed by atoms with Gasteiger partial charge in [-0.3, -0.25) is 0 Å². The molecule has 1 atom stereocenters. The molecular weight excluding hydrogens is 256 g/mol. The lowest BCUT2D eigenvalue weighted by Crippen LogP contribution is -2.11. The van der Waals surface area contributed by atoms with Crippen molar-refractivity contribution in [2.24, 2.45) is 0 Å². The number of hydrogen-bond acceptors (Lipinski definition) is 2. The van der Waals surface area contributed by atoms with E-state index in [9.17, 15) is 5.26 Å². The number of hydrogen-bond donors (Lipinski definition) is 1. The first-order chi connectivity index (χ1) is 10.3. The van der Waals surface area contributed by atoms with Crippen molar-refractivity contribution in [2.75, 3.05) is 11.9 Å². The minimum absolute atomic E-state index is 0.119. The molecule has 2 aromatic carbocycles. The molecule has 0 saturated heterocycles. The van der Waals surface area contributed by atoms with Crippen molar-refractivity contribution in [1.82, 2.24) is 0 Å². The zero-order chi connectivity index (χ0) is 14.9. The highest BCUT2D eigenvalue weighted by Gasteiger charge is 2.09. The maximum Gasteiger partial charge on any atom is 0.0885 e. The second-order valence-electron chi connectivity index (χ2n) is 5.27. The molecule has 0 aromatic heterocycles. The molecule has 108 valence electrons. The Hall–Kier alpha value is -2.27. The smallest absolute Gasteiger partial charge is 0.0885 e. The maximum absolute atomic E-state index is 9.31. The monoisotopic (exact) mass is 278 g/mol. The molecule has 0 saturated carbocycles. The van der Waals surface area contributed by atoms with Crippen molar-refractivity contribution < 1.29 is 0 Å². The van der Waals surface area contributed by atoms with Crippen LogP contribution in [-0.4, -0.2) is 6.54 Å². The third kappa shape index (κ3) is 4.65. The molecule has 0 aliphatic rings. The lowest BCUT2D eigenvalue weighted by atomic mass is 10.0. The summed E-state index contributed by atoms with van der Waals surface area (Å²) in [6.07, 6.45) is 3.60. The van der Waals surface area contributed by atoms with E-state index in [1.54, 1.807) is 0 Å². The molecule has 0 radical (unpaired) electrons. The van der Waals surface area contributed by atoms with Crippen LogP contribution < -0.4 is 5.32 Å². The van der Waals surface area contributed by atoms with Gasteiger partial charge in [-0.25, -0.2) is 0 Å². The van der Waals surface area contributed by atoms with Crippen LogP contribution in [0.15, 0.2) is 54.6 Å². The molecule has 2 nitrogen and oxygen atoms in total. The van der Waals surface area contributed by atoms with Crippen LogP contribution in [0.2, 0.25) is 0 Å². The van der Waals surface area contributed by atoms with Crippen molar-refractivity contribution >= 4 is 5.69 Å². The van der Waals surface area contributed by atoms with Gasteiger partial charge in [-0.15, -0.1) is 0 Å². The quantitative estimate of drug-likeness (QED) is 0.793. The fraction of sp³-hybridized carbons (Fsp3) is 0.316. The Morgan fingerprint density at radius 2 is 1.76 bits per heavy atom. The molecule has 0 aliphatic heterocycles. The molecule has 2 heteroatoms. The fourth-order valence-corrected chi connectivity index (χ4v) is 2.31. The third-order valence-corrected chi connectivity index (χ3v) is 3.64. The van der Waals surface area contributed by atoms with E-state index in [0.29, 0.717) is 6.54 Å². The van der Waals surface area contributed by atoms with Crippen molar-refractivity contribution in [1.29, 1.82) is 5.26 Å². The van der Waals surface area contributed by atoms with Crippen LogP contribution in [0.1, 0.15) is 36.8 Å². The van der Waals surface area contributed by atoms with Crippen molar-refractivity contribution in [3.05, 3.63) is 65.7 Å². The number of rotatable bonds is 7. The van der Waals surface area contributed by atoms with Gasteiger partial charge in [-0.1, -0.05) is 55.8 Å². The number of unbranched alkanes of at least 4 members (excludes halogenated alkanes) is 1. The summed E-state index contributed by atoms with van der Waals surface area (Å²) < 4.78 is 0. The molecule has 2 aromatic rings. The van der Waals surface area contributed by atoms with Crippen LogP contribution in [0.25, 0.3) is 0 Å². The Morgan fingerprint density at radius 3 is 2.38 bits per heavy atom. The van der Waals surface area contributed by atoms with E-state index in [1.165, 1.54) is 18.4 Å². The molecule has 0 aliphatic carbocycles. The van der Waals surface area contributed by atoms with E-state index >= 15 is 0 Å². The Morgan fingerprint density at radius 1 is 1.05 bits per heavy atom. The van der Waals surface area contributed by atoms with Crippen LogP contribution in [0.4, 0.5) is 5.69 Å². The number of nitriles is 1. The topological polar surface area (TPSA) is 35.8 Å². The van der Waals surface area contributed by atoms with E-state index in [-0.39, 0.29) is 5.92 Å². The van der Waals surface area contributed by atoms with Gasteiger partial charge < -0.3 is 5.32 Å². The summed E-state index contributed by atoms with van der Waals surface area (Å²) in [6.45, 7) is 2.84. The normalized spacial score (nSPS) is 11.6. The zero-order valence-electron chi connectivity index (χ0n) is 12.5. The van der Waals surface area contributed by atoms with Gasteiger partial charge in [0, 0.05) is 12.2 Å². The van der Waals surface area contributed by atoms with Crippen molar-refractivity contribution in [3.8, 4) is 6.07 Å². The van der Waals surface area contributed by atoms with E-state index in [1.807, 2.05) is 30.3 Å². The maximum atomic E-state index is 9.31. The number of aryl methyl sites for hydroxylation is 1. The average Bonchev–Trinajstić information content (AvgIpc) is 2.55. The summed E-state index contributed by atoms with van der Waals surface area (Å²) in [7, 11) is 0. The first-order valence-corrected chi connectivity index (χ1v) is 7.61. The molecule has 0 bridgehead atoms. The highest BCUT2D eigenvalue weighted by molar-refractivity contribution is 5.45. The Bertz CT molecular complexity index is 567. The minimum Gasteiger partial charge on any atom is -0.383 e. The molecule has 21 heavy (non-hydrogen) atoms. The van der Waals surface area contributed by atoms with Gasteiger partial charge in [0.1, 0.15) is 0 Å². The first-order valence-electron chi connectivity index (χ1n) is 7.61. The van der Waals surface area contributed by atoms with Crippen LogP contribution in [0.5, 0.6) is 0 Å². The predicted octanol–water partition coefficient (Wildman–Crippen LogP) is 4.75. The van der Waals surface area contributed by atoms with Crippen LogP contribution in [0, 0.1) is 11.3 Å². The Balaban J connectivity index is 1.91. The summed E-state index contributed by atoms with van der Waals surface area (Å²) in [5.74, 6) is -0.119. The Kier molecular flexibility index (Phi) is 5.84. The van der Waals surface area contributed by atoms with Crippen molar-refractivity contribution in [2.45, 2.75) is 32.1 Å². The van der Waals surface area contributed by atoms with Gasteiger partial charge in [-0.2, -0.15) is 5.26 Å². The summed E-state index contributed by atoms with van der Waals surface area (Å²) in [4.78, 5) is 0. The SMILES string of the molecule is CCCCc1ccc(NCC(C#N)c2ccccc2)cc1. The van der Waals surface area contributed by atoms with Gasteiger partial charge in [0.05, 0.1) is 12.0 Å².